The molecule has 16 rings (SSSR count). The predicted octanol–water partition coefficient (Wildman–Crippen LogP) is 23.1. The van der Waals surface area contributed by atoms with Crippen LogP contribution in [0.25, 0.3) is 114 Å². The van der Waals surface area contributed by atoms with Gasteiger partial charge in [0, 0.05) is 70.8 Å². The highest BCUT2D eigenvalue weighted by atomic mass is 32.1. The van der Waals surface area contributed by atoms with Crippen molar-refractivity contribution >= 4 is 109 Å². The molecule has 16 aromatic rings. The molecule has 0 bridgehead atoms. The smallest absolute Gasteiger partial charge is 0.0561 e. The number of thiophene rings is 1. The second-order valence-electron chi connectivity index (χ2n) is 21.6. The van der Waals surface area contributed by atoms with Crippen molar-refractivity contribution in [3.63, 3.8) is 0 Å². The normalized spacial score (nSPS) is 11.6. The van der Waals surface area contributed by atoms with Crippen LogP contribution in [0.3, 0.4) is 0 Å². The van der Waals surface area contributed by atoms with Gasteiger partial charge in [0.25, 0.3) is 0 Å². The Labute approximate surface area is 492 Å². The van der Waals surface area contributed by atoms with Crippen molar-refractivity contribution in [2.24, 2.45) is 0 Å². The van der Waals surface area contributed by atoms with Crippen molar-refractivity contribution in [2.75, 3.05) is 9.80 Å². The van der Waals surface area contributed by atoms with Gasteiger partial charge >= 0.3 is 0 Å². The number of hydrogen-bond donors (Lipinski definition) is 0. The largest absolute Gasteiger partial charge is 0.310 e. The Hall–Kier alpha value is -10.8. The topological polar surface area (TPSA) is 11.4 Å². The molecule has 0 aliphatic rings. The average molecular weight is 1090 g/mol. The summed E-state index contributed by atoms with van der Waals surface area (Å²) in [5.41, 5.74) is 19.0. The van der Waals surface area contributed by atoms with Crippen LogP contribution in [0, 0.1) is 0 Å². The van der Waals surface area contributed by atoms with E-state index in [1.54, 1.807) is 0 Å². The minimum atomic E-state index is 1.02. The molecule has 84 heavy (non-hydrogen) atoms. The van der Waals surface area contributed by atoms with Crippen LogP contribution in [0.5, 0.6) is 0 Å². The third kappa shape index (κ3) is 8.59. The Balaban J connectivity index is 0.961. The second kappa shape index (κ2) is 20.6. The zero-order valence-corrected chi connectivity index (χ0v) is 46.7. The molecular formula is C80H53N3S. The lowest BCUT2D eigenvalue weighted by Gasteiger charge is -2.31. The first-order chi connectivity index (χ1) is 41.6. The standard InChI is InChI=1S/C80H53N3S/c1-4-19-54(20-5-1)56-35-41-62(42-36-56)81(63-43-37-57(38-44-63)55-21-6-2-7-22-55)66-49-60(76-51-59-23-10-11-26-68(59)70-27-12-13-28-71(70)76)50-67(52-66)82(64-45-39-58(40-46-64)69-31-18-32-75-74-30-15-17-34-79(74)84-80(69)75)65-47-48-73-72-29-14-16-33-77(72)83(78(73)53-65)61-24-8-3-9-25-61/h1-53H. The highest BCUT2D eigenvalue weighted by molar-refractivity contribution is 7.26. The van der Waals surface area contributed by atoms with E-state index in [-0.39, 0.29) is 0 Å². The number of fused-ring (bicyclic) bond motifs is 9. The Morgan fingerprint density at radius 3 is 1.37 bits per heavy atom. The SMILES string of the molecule is c1ccc(-c2ccc(N(c3ccc(-c4ccccc4)cc3)c3cc(-c4cc5ccccc5c5ccccc45)cc(N(c4ccc(-c5cccc6c5sc5ccccc56)cc4)c4ccc5c6ccccc6n(-c6ccccc6)c5c4)c3)cc2)cc1. The number of benzene rings is 14. The van der Waals surface area contributed by atoms with Gasteiger partial charge in [-0.05, 0) is 163 Å². The Morgan fingerprint density at radius 1 is 0.238 bits per heavy atom. The molecule has 2 heterocycles. The van der Waals surface area contributed by atoms with Gasteiger partial charge in [-0.15, -0.1) is 11.3 Å². The summed E-state index contributed by atoms with van der Waals surface area (Å²) in [6.45, 7) is 0. The van der Waals surface area contributed by atoms with Crippen LogP contribution in [0.15, 0.2) is 322 Å². The van der Waals surface area contributed by atoms with Gasteiger partial charge in [-0.2, -0.15) is 0 Å². The van der Waals surface area contributed by atoms with Crippen LogP contribution >= 0.6 is 11.3 Å². The molecule has 3 nitrogen and oxygen atoms in total. The third-order valence-corrected chi connectivity index (χ3v) is 18.0. The van der Waals surface area contributed by atoms with Crippen molar-refractivity contribution in [3.8, 4) is 50.2 Å². The van der Waals surface area contributed by atoms with Gasteiger partial charge in [-0.1, -0.05) is 224 Å². The second-order valence-corrected chi connectivity index (χ2v) is 22.7. The zero-order valence-electron chi connectivity index (χ0n) is 45.8. The van der Waals surface area contributed by atoms with Crippen molar-refractivity contribution in [1.29, 1.82) is 0 Å². The first-order valence-corrected chi connectivity index (χ1v) is 29.5. The molecule has 0 fully saturated rings. The van der Waals surface area contributed by atoms with E-state index >= 15 is 0 Å². The summed E-state index contributed by atoms with van der Waals surface area (Å²) < 4.78 is 5.02. The molecule has 0 aliphatic carbocycles. The lowest BCUT2D eigenvalue weighted by molar-refractivity contribution is 1.18. The summed E-state index contributed by atoms with van der Waals surface area (Å²) >= 11 is 1.87. The minimum absolute atomic E-state index is 1.02. The van der Waals surface area contributed by atoms with Crippen LogP contribution in [0.1, 0.15) is 0 Å². The van der Waals surface area contributed by atoms with Crippen molar-refractivity contribution < 1.29 is 0 Å². The Kier molecular flexibility index (Phi) is 12.1. The van der Waals surface area contributed by atoms with Gasteiger partial charge in [-0.3, -0.25) is 0 Å². The van der Waals surface area contributed by atoms with Gasteiger partial charge in [0.1, 0.15) is 0 Å². The maximum Gasteiger partial charge on any atom is 0.0561 e. The zero-order chi connectivity index (χ0) is 55.5. The van der Waals surface area contributed by atoms with Crippen LogP contribution < -0.4 is 9.80 Å². The van der Waals surface area contributed by atoms with Crippen LogP contribution in [0.4, 0.5) is 34.1 Å². The fourth-order valence-corrected chi connectivity index (χ4v) is 14.0. The number of anilines is 6. The molecule has 0 spiro atoms. The van der Waals surface area contributed by atoms with Gasteiger partial charge in [0.2, 0.25) is 0 Å². The van der Waals surface area contributed by atoms with E-state index in [4.69, 9.17) is 0 Å². The molecule has 0 unspecified atom stereocenters. The third-order valence-electron chi connectivity index (χ3n) is 16.7. The van der Waals surface area contributed by atoms with Crippen molar-refractivity contribution in [1.82, 2.24) is 4.57 Å². The Morgan fingerprint density at radius 2 is 0.714 bits per heavy atom. The van der Waals surface area contributed by atoms with Gasteiger partial charge < -0.3 is 14.4 Å². The lowest BCUT2D eigenvalue weighted by Crippen LogP contribution is -2.14. The van der Waals surface area contributed by atoms with Crippen molar-refractivity contribution in [3.05, 3.63) is 322 Å². The fraction of sp³-hybridized carbons (Fsp3) is 0. The summed E-state index contributed by atoms with van der Waals surface area (Å²) in [7, 11) is 0. The van der Waals surface area contributed by atoms with Crippen LogP contribution in [-0.4, -0.2) is 4.57 Å². The van der Waals surface area contributed by atoms with Crippen molar-refractivity contribution in [2.45, 2.75) is 0 Å². The molecule has 0 aliphatic heterocycles. The van der Waals surface area contributed by atoms with E-state index in [0.29, 0.717) is 0 Å². The number of aromatic nitrogens is 1. The summed E-state index contributed by atoms with van der Waals surface area (Å²) in [5, 5.41) is 9.87. The number of para-hydroxylation sites is 2. The van der Waals surface area contributed by atoms with E-state index in [9.17, 15) is 0 Å². The highest BCUT2D eigenvalue weighted by Crippen LogP contribution is 2.48. The molecule has 0 saturated carbocycles. The summed E-state index contributed by atoms with van der Waals surface area (Å²) in [4.78, 5) is 4.91. The maximum absolute atomic E-state index is 2.47. The fourth-order valence-electron chi connectivity index (χ4n) is 12.8. The number of nitrogens with zero attached hydrogens (tertiary/aromatic N) is 3. The molecule has 394 valence electrons. The van der Waals surface area contributed by atoms with Crippen LogP contribution in [0.2, 0.25) is 0 Å². The highest BCUT2D eigenvalue weighted by Gasteiger charge is 2.23. The molecule has 2 aromatic heterocycles. The summed E-state index contributed by atoms with van der Waals surface area (Å²) in [6, 6.07) is 118. The Bertz CT molecular complexity index is 5020. The average Bonchev–Trinajstić information content (AvgIpc) is 2.68. The molecule has 0 amide bonds. The number of hydrogen-bond acceptors (Lipinski definition) is 3. The van der Waals surface area contributed by atoms with E-state index in [1.165, 1.54) is 80.3 Å². The van der Waals surface area contributed by atoms with Gasteiger partial charge in [0.05, 0.1) is 11.0 Å². The van der Waals surface area contributed by atoms with E-state index in [0.717, 1.165) is 67.6 Å². The monoisotopic (exact) mass is 1090 g/mol. The van der Waals surface area contributed by atoms with E-state index in [2.05, 4.69) is 336 Å². The molecule has 0 N–H and O–H groups in total. The molecule has 14 aromatic carbocycles. The summed E-state index contributed by atoms with van der Waals surface area (Å²) in [5.74, 6) is 0. The summed E-state index contributed by atoms with van der Waals surface area (Å²) in [6.07, 6.45) is 0. The predicted molar refractivity (Wildman–Crippen MR) is 360 cm³/mol. The molecule has 0 atom stereocenters. The minimum Gasteiger partial charge on any atom is -0.310 e. The first kappa shape index (κ1) is 49.1. The molecule has 0 saturated heterocycles. The molecule has 4 heteroatoms. The van der Waals surface area contributed by atoms with Gasteiger partial charge in [0.15, 0.2) is 0 Å². The molecular weight excluding hydrogens is 1030 g/mol. The van der Waals surface area contributed by atoms with Gasteiger partial charge in [-0.25, -0.2) is 0 Å². The lowest BCUT2D eigenvalue weighted by atomic mass is 9.92. The molecule has 0 radical (unpaired) electrons. The maximum atomic E-state index is 2.47. The van der Waals surface area contributed by atoms with E-state index < -0.39 is 0 Å². The first-order valence-electron chi connectivity index (χ1n) is 28.7. The number of rotatable bonds is 11. The quantitative estimate of drug-likeness (QED) is 0.120. The van der Waals surface area contributed by atoms with Crippen LogP contribution in [-0.2, 0) is 0 Å². The van der Waals surface area contributed by atoms with E-state index in [1.807, 2.05) is 11.3 Å².